The highest BCUT2D eigenvalue weighted by Crippen LogP contribution is 2.29. The minimum absolute atomic E-state index is 0.0160. The van der Waals surface area contributed by atoms with Crippen LogP contribution in [0.2, 0.25) is 10.0 Å². The Kier molecular flexibility index (Phi) is 9.28. The summed E-state index contributed by atoms with van der Waals surface area (Å²) in [5, 5.41) is 13.9. The van der Waals surface area contributed by atoms with Crippen LogP contribution < -0.4 is 10.1 Å². The second-order valence-electron chi connectivity index (χ2n) is 7.99. The fourth-order valence-corrected chi connectivity index (χ4v) is 5.04. The first-order valence-corrected chi connectivity index (χ1v) is 13.3. The lowest BCUT2D eigenvalue weighted by molar-refractivity contribution is -0.121. The Hall–Kier alpha value is -3.00. The Morgan fingerprint density at radius 3 is 2.53 bits per heavy atom. The number of rotatable bonds is 11. The molecule has 36 heavy (non-hydrogen) atoms. The molecular weight excluding hydrogens is 515 g/mol. The van der Waals surface area contributed by atoms with Crippen molar-refractivity contribution in [2.75, 3.05) is 19.4 Å². The maximum absolute atomic E-state index is 12.3. The number of hydrogen-bond acceptors (Lipinski definition) is 5. The first kappa shape index (κ1) is 26.1. The van der Waals surface area contributed by atoms with Gasteiger partial charge in [0.1, 0.15) is 5.75 Å². The monoisotopic (exact) mass is 540 g/mol. The van der Waals surface area contributed by atoms with Crippen molar-refractivity contribution in [1.82, 2.24) is 20.1 Å². The zero-order valence-electron chi connectivity index (χ0n) is 19.8. The number of carbonyl (C=O) groups is 1. The first-order valence-electron chi connectivity index (χ1n) is 11.5. The lowest BCUT2D eigenvalue weighted by atomic mass is 10.1. The Bertz CT molecular complexity index is 1300. The molecule has 0 radical (unpaired) electrons. The molecule has 0 saturated heterocycles. The number of benzene rings is 3. The quantitative estimate of drug-likeness (QED) is 0.174. The number of halogens is 2. The van der Waals surface area contributed by atoms with Gasteiger partial charge in [0.15, 0.2) is 11.0 Å². The average Bonchev–Trinajstić information content (AvgIpc) is 3.32. The number of methoxy groups -OCH3 is 1. The van der Waals surface area contributed by atoms with Crippen LogP contribution in [0.5, 0.6) is 5.75 Å². The third kappa shape index (κ3) is 6.81. The second kappa shape index (κ2) is 12.8. The lowest BCUT2D eigenvalue weighted by Gasteiger charge is -2.11. The van der Waals surface area contributed by atoms with E-state index in [0.717, 1.165) is 39.3 Å². The molecule has 0 atom stereocenters. The molecule has 4 rings (SSSR count). The summed E-state index contributed by atoms with van der Waals surface area (Å²) in [5.41, 5.74) is 2.89. The van der Waals surface area contributed by atoms with Crippen LogP contribution in [0.4, 0.5) is 0 Å². The van der Waals surface area contributed by atoms with Gasteiger partial charge in [0.05, 0.1) is 7.11 Å². The zero-order chi connectivity index (χ0) is 25.3. The molecule has 6 nitrogen and oxygen atoms in total. The lowest BCUT2D eigenvalue weighted by Crippen LogP contribution is -2.25. The Labute approximate surface area is 225 Å². The highest BCUT2D eigenvalue weighted by atomic mass is 35.5. The molecule has 0 aliphatic carbocycles. The van der Waals surface area contributed by atoms with Gasteiger partial charge in [0.2, 0.25) is 5.91 Å². The van der Waals surface area contributed by atoms with Crippen molar-refractivity contribution in [3.63, 3.8) is 0 Å². The number of nitrogens with one attached hydrogen (secondary N) is 1. The van der Waals surface area contributed by atoms with Crippen LogP contribution in [-0.2, 0) is 11.2 Å². The van der Waals surface area contributed by atoms with E-state index in [1.165, 1.54) is 0 Å². The van der Waals surface area contributed by atoms with E-state index in [0.29, 0.717) is 35.9 Å². The molecule has 0 unspecified atom stereocenters. The smallest absolute Gasteiger partial charge is 0.220 e. The summed E-state index contributed by atoms with van der Waals surface area (Å²) in [4.78, 5) is 12.3. The molecule has 0 aliphatic heterocycles. The van der Waals surface area contributed by atoms with E-state index in [4.69, 9.17) is 27.9 Å². The number of carbonyl (C=O) groups excluding carboxylic acids is 1. The van der Waals surface area contributed by atoms with Gasteiger partial charge in [-0.1, -0.05) is 71.4 Å². The number of aromatic nitrogens is 3. The van der Waals surface area contributed by atoms with Crippen LogP contribution in [0, 0.1) is 0 Å². The van der Waals surface area contributed by atoms with E-state index in [2.05, 4.69) is 15.5 Å². The van der Waals surface area contributed by atoms with Gasteiger partial charge in [-0.05, 0) is 54.8 Å². The minimum atomic E-state index is 0.0160. The van der Waals surface area contributed by atoms with E-state index < -0.39 is 0 Å². The van der Waals surface area contributed by atoms with Crippen molar-refractivity contribution >= 4 is 40.9 Å². The molecule has 4 aromatic rings. The first-order chi connectivity index (χ1) is 17.5. The van der Waals surface area contributed by atoms with Crippen LogP contribution in [0.25, 0.3) is 17.1 Å². The Morgan fingerprint density at radius 2 is 1.81 bits per heavy atom. The maximum Gasteiger partial charge on any atom is 0.220 e. The average molecular weight is 542 g/mol. The number of amides is 1. The summed E-state index contributed by atoms with van der Waals surface area (Å²) in [5.74, 6) is 2.30. The number of thioether (sulfide) groups is 1. The molecule has 0 bridgehead atoms. The van der Waals surface area contributed by atoms with Crippen molar-refractivity contribution in [1.29, 1.82) is 0 Å². The van der Waals surface area contributed by atoms with E-state index in [1.807, 2.05) is 65.2 Å². The molecule has 9 heteroatoms. The summed E-state index contributed by atoms with van der Waals surface area (Å²) < 4.78 is 7.34. The molecule has 1 aromatic heterocycles. The van der Waals surface area contributed by atoms with Gasteiger partial charge >= 0.3 is 0 Å². The van der Waals surface area contributed by atoms with Gasteiger partial charge in [0, 0.05) is 40.0 Å². The Morgan fingerprint density at radius 1 is 1.03 bits per heavy atom. The van der Waals surface area contributed by atoms with E-state index in [1.54, 1.807) is 31.0 Å². The summed E-state index contributed by atoms with van der Waals surface area (Å²) in [6, 6.07) is 23.2. The zero-order valence-corrected chi connectivity index (χ0v) is 22.1. The van der Waals surface area contributed by atoms with Crippen molar-refractivity contribution in [3.05, 3.63) is 88.4 Å². The highest BCUT2D eigenvalue weighted by Gasteiger charge is 2.16. The molecular formula is C27H26Cl2N4O2S. The Balaban J connectivity index is 1.34. The van der Waals surface area contributed by atoms with E-state index in [9.17, 15) is 4.79 Å². The molecule has 1 N–H and O–H groups in total. The fraction of sp³-hybridized carbons (Fsp3) is 0.222. The number of hydrogen-bond donors (Lipinski definition) is 1. The number of nitrogens with zero attached hydrogens (tertiary/aromatic N) is 3. The van der Waals surface area contributed by atoms with Crippen LogP contribution in [0.3, 0.4) is 0 Å². The highest BCUT2D eigenvalue weighted by molar-refractivity contribution is 7.99. The van der Waals surface area contributed by atoms with Gasteiger partial charge in [-0.3, -0.25) is 9.36 Å². The topological polar surface area (TPSA) is 69.0 Å². The van der Waals surface area contributed by atoms with Gasteiger partial charge in [-0.15, -0.1) is 10.2 Å². The summed E-state index contributed by atoms with van der Waals surface area (Å²) in [6.45, 7) is 0.527. The molecule has 0 fully saturated rings. The van der Waals surface area contributed by atoms with E-state index >= 15 is 0 Å². The predicted octanol–water partition coefficient (Wildman–Crippen LogP) is 6.48. The molecule has 1 amide bonds. The van der Waals surface area contributed by atoms with Crippen LogP contribution in [0.1, 0.15) is 18.4 Å². The fourth-order valence-electron chi connectivity index (χ4n) is 3.65. The van der Waals surface area contributed by atoms with E-state index in [-0.39, 0.29) is 5.91 Å². The van der Waals surface area contributed by atoms with Crippen molar-refractivity contribution in [3.8, 4) is 22.8 Å². The van der Waals surface area contributed by atoms with Crippen molar-refractivity contribution in [2.24, 2.45) is 0 Å². The minimum Gasteiger partial charge on any atom is -0.497 e. The van der Waals surface area contributed by atoms with Crippen molar-refractivity contribution < 1.29 is 9.53 Å². The normalized spacial score (nSPS) is 10.9. The van der Waals surface area contributed by atoms with Crippen molar-refractivity contribution in [2.45, 2.75) is 24.4 Å². The summed E-state index contributed by atoms with van der Waals surface area (Å²) >= 11 is 13.7. The summed E-state index contributed by atoms with van der Waals surface area (Å²) in [6.07, 6.45) is 1.81. The SMILES string of the molecule is COc1ccc(-n2c(SCCCC(=O)NCCc3ccc(Cl)cc3Cl)nnc2-c2ccccc2)cc1. The molecule has 0 spiro atoms. The van der Waals surface area contributed by atoms with Crippen LogP contribution in [-0.4, -0.2) is 40.1 Å². The maximum atomic E-state index is 12.3. The van der Waals surface area contributed by atoms with Gasteiger partial charge in [-0.2, -0.15) is 0 Å². The molecule has 0 saturated carbocycles. The van der Waals surface area contributed by atoms with Crippen LogP contribution in [0.15, 0.2) is 78.0 Å². The number of ether oxygens (including phenoxy) is 1. The molecule has 3 aromatic carbocycles. The van der Waals surface area contributed by atoms with Gasteiger partial charge < -0.3 is 10.1 Å². The molecule has 1 heterocycles. The third-order valence-electron chi connectivity index (χ3n) is 5.51. The van der Waals surface area contributed by atoms with Gasteiger partial charge in [-0.25, -0.2) is 0 Å². The molecule has 0 aliphatic rings. The largest absolute Gasteiger partial charge is 0.497 e. The predicted molar refractivity (Wildman–Crippen MR) is 146 cm³/mol. The second-order valence-corrected chi connectivity index (χ2v) is 9.90. The summed E-state index contributed by atoms with van der Waals surface area (Å²) in [7, 11) is 1.65. The molecule has 186 valence electrons. The van der Waals surface area contributed by atoms with Gasteiger partial charge in [0.25, 0.3) is 0 Å². The van der Waals surface area contributed by atoms with Crippen LogP contribution >= 0.6 is 35.0 Å². The standard InChI is InChI=1S/C27H26Cl2N4O2S/c1-35-23-13-11-22(12-14-23)33-26(20-6-3-2-4-7-20)31-32-27(33)36-17-5-8-25(34)30-16-15-19-9-10-21(28)18-24(19)29/h2-4,6-7,9-14,18H,5,8,15-17H2,1H3,(H,30,34). The third-order valence-corrected chi connectivity index (χ3v) is 7.11.